The van der Waals surface area contributed by atoms with Crippen molar-refractivity contribution >= 4 is 22.6 Å². The third kappa shape index (κ3) is 8.60. The number of hydrogen-bond acceptors (Lipinski definition) is 3. The maximum atomic E-state index is 12.4. The molecule has 2 atom stereocenters. The summed E-state index contributed by atoms with van der Waals surface area (Å²) < 4.78 is 11.9. The third-order valence-corrected chi connectivity index (χ3v) is 4.49. The number of carbonyl (C=O) groups excluding carboxylic acids is 1. The van der Waals surface area contributed by atoms with E-state index >= 15 is 0 Å². The van der Waals surface area contributed by atoms with E-state index in [9.17, 15) is 4.79 Å². The summed E-state index contributed by atoms with van der Waals surface area (Å²) in [7, 11) is -3.46. The molecule has 0 amide bonds. The standard InChI is InChI=1S/C14H32O3Si2/c1-9-11-12(14(15)17-19(6,7)8)13(10-2)16-18(3,4)5/h12-13H,9-11H2,1-8H3. The van der Waals surface area contributed by atoms with Crippen molar-refractivity contribution in [2.45, 2.75) is 78.5 Å². The van der Waals surface area contributed by atoms with Gasteiger partial charge in [0.25, 0.3) is 5.97 Å². The van der Waals surface area contributed by atoms with Crippen LogP contribution in [0.15, 0.2) is 0 Å². The lowest BCUT2D eigenvalue weighted by Crippen LogP contribution is -2.42. The topological polar surface area (TPSA) is 35.5 Å². The summed E-state index contributed by atoms with van der Waals surface area (Å²) in [6, 6.07) is 0. The highest BCUT2D eigenvalue weighted by Gasteiger charge is 2.34. The molecule has 0 bridgehead atoms. The SMILES string of the molecule is CCCC(C(=O)O[Si](C)(C)C)C(CC)O[Si](C)(C)C. The van der Waals surface area contributed by atoms with Gasteiger partial charge in [0, 0.05) is 0 Å². The largest absolute Gasteiger partial charge is 0.520 e. The molecule has 0 radical (unpaired) electrons. The van der Waals surface area contributed by atoms with E-state index in [1.807, 2.05) is 19.6 Å². The Bertz CT molecular complexity index is 279. The van der Waals surface area contributed by atoms with Gasteiger partial charge in [-0.1, -0.05) is 20.3 Å². The lowest BCUT2D eigenvalue weighted by Gasteiger charge is -2.32. The van der Waals surface area contributed by atoms with Crippen LogP contribution < -0.4 is 0 Å². The fraction of sp³-hybridized carbons (Fsp3) is 0.929. The summed E-state index contributed by atoms with van der Waals surface area (Å²) in [5.41, 5.74) is 0. The van der Waals surface area contributed by atoms with Crippen LogP contribution in [-0.4, -0.2) is 28.7 Å². The Morgan fingerprint density at radius 1 is 1.00 bits per heavy atom. The van der Waals surface area contributed by atoms with E-state index in [0.29, 0.717) is 0 Å². The maximum absolute atomic E-state index is 12.4. The first-order valence-corrected chi connectivity index (χ1v) is 14.2. The average molecular weight is 305 g/mol. The molecule has 114 valence electrons. The molecule has 5 heteroatoms. The Morgan fingerprint density at radius 3 is 1.84 bits per heavy atom. The van der Waals surface area contributed by atoms with E-state index < -0.39 is 16.6 Å². The molecule has 0 fully saturated rings. The normalized spacial score (nSPS) is 16.0. The van der Waals surface area contributed by atoms with Crippen molar-refractivity contribution in [3.63, 3.8) is 0 Å². The van der Waals surface area contributed by atoms with Crippen LogP contribution in [0.1, 0.15) is 33.1 Å². The summed E-state index contributed by atoms with van der Waals surface area (Å²) in [5.74, 6) is -0.153. The van der Waals surface area contributed by atoms with Crippen LogP contribution in [0.25, 0.3) is 0 Å². The predicted molar refractivity (Wildman–Crippen MR) is 86.3 cm³/mol. The summed E-state index contributed by atoms with van der Waals surface area (Å²) in [4.78, 5) is 12.4. The summed E-state index contributed by atoms with van der Waals surface area (Å²) in [6.45, 7) is 16.9. The zero-order valence-electron chi connectivity index (χ0n) is 14.0. The predicted octanol–water partition coefficient (Wildman–Crippen LogP) is 4.41. The molecule has 0 aromatic rings. The Labute approximate surface area is 121 Å². The minimum Gasteiger partial charge on any atom is -0.520 e. The van der Waals surface area contributed by atoms with E-state index in [1.165, 1.54) is 0 Å². The summed E-state index contributed by atoms with van der Waals surface area (Å²) in [6.07, 6.45) is 2.72. The second kappa shape index (κ2) is 7.59. The first-order valence-electron chi connectivity index (χ1n) is 7.40. The lowest BCUT2D eigenvalue weighted by atomic mass is 9.96. The van der Waals surface area contributed by atoms with Crippen molar-refractivity contribution in [2.75, 3.05) is 0 Å². The third-order valence-electron chi connectivity index (χ3n) is 2.67. The minimum absolute atomic E-state index is 0.00969. The van der Waals surface area contributed by atoms with E-state index in [2.05, 4.69) is 33.5 Å². The molecule has 0 heterocycles. The van der Waals surface area contributed by atoms with Gasteiger partial charge >= 0.3 is 0 Å². The molecule has 0 aromatic carbocycles. The van der Waals surface area contributed by atoms with Gasteiger partial charge in [-0.05, 0) is 52.1 Å². The molecule has 0 aromatic heterocycles. The zero-order valence-corrected chi connectivity index (χ0v) is 16.0. The van der Waals surface area contributed by atoms with E-state index in [0.717, 1.165) is 19.3 Å². The monoisotopic (exact) mass is 304 g/mol. The van der Waals surface area contributed by atoms with Gasteiger partial charge in [-0.25, -0.2) is 0 Å². The lowest BCUT2D eigenvalue weighted by molar-refractivity contribution is -0.143. The quantitative estimate of drug-likeness (QED) is 0.623. The van der Waals surface area contributed by atoms with Crippen LogP contribution in [-0.2, 0) is 13.6 Å². The van der Waals surface area contributed by atoms with Crippen LogP contribution in [0.3, 0.4) is 0 Å². The first kappa shape index (κ1) is 18.9. The zero-order chi connectivity index (χ0) is 15.3. The van der Waals surface area contributed by atoms with E-state index in [1.54, 1.807) is 0 Å². The number of carbonyl (C=O) groups is 1. The molecule has 3 nitrogen and oxygen atoms in total. The highest BCUT2D eigenvalue weighted by atomic mass is 28.4. The molecule has 0 aliphatic rings. The van der Waals surface area contributed by atoms with Gasteiger partial charge in [-0.15, -0.1) is 0 Å². The molecule has 0 saturated carbocycles. The first-order chi connectivity index (χ1) is 8.50. The van der Waals surface area contributed by atoms with E-state index in [4.69, 9.17) is 8.85 Å². The van der Waals surface area contributed by atoms with Crippen molar-refractivity contribution in [3.8, 4) is 0 Å². The van der Waals surface area contributed by atoms with Gasteiger partial charge in [0.1, 0.15) is 0 Å². The molecule has 0 aliphatic heterocycles. The fourth-order valence-electron chi connectivity index (χ4n) is 2.05. The van der Waals surface area contributed by atoms with Gasteiger partial charge in [-0.2, -0.15) is 0 Å². The van der Waals surface area contributed by atoms with Crippen LogP contribution in [0, 0.1) is 5.92 Å². The van der Waals surface area contributed by atoms with Crippen molar-refractivity contribution in [2.24, 2.45) is 5.92 Å². The number of hydrogen-bond donors (Lipinski definition) is 0. The van der Waals surface area contributed by atoms with E-state index in [-0.39, 0.29) is 18.0 Å². The molecule has 0 rings (SSSR count). The van der Waals surface area contributed by atoms with Crippen LogP contribution in [0.2, 0.25) is 39.3 Å². The molecule has 0 spiro atoms. The fourth-order valence-corrected chi connectivity index (χ4v) is 4.04. The molecular formula is C14H32O3Si2. The highest BCUT2D eigenvalue weighted by molar-refractivity contribution is 6.71. The molecule has 0 aliphatic carbocycles. The highest BCUT2D eigenvalue weighted by Crippen LogP contribution is 2.24. The second-order valence-corrected chi connectivity index (χ2v) is 16.0. The Hall–Kier alpha value is -0.136. The van der Waals surface area contributed by atoms with Crippen LogP contribution >= 0.6 is 0 Å². The van der Waals surface area contributed by atoms with Gasteiger partial charge in [0.2, 0.25) is 8.32 Å². The molecule has 0 saturated heterocycles. The number of rotatable bonds is 8. The Kier molecular flexibility index (Phi) is 7.54. The minimum atomic E-state index is -1.82. The maximum Gasteiger partial charge on any atom is 0.298 e. The van der Waals surface area contributed by atoms with Gasteiger partial charge in [-0.3, -0.25) is 4.79 Å². The Morgan fingerprint density at radius 2 is 1.53 bits per heavy atom. The van der Waals surface area contributed by atoms with Crippen LogP contribution in [0.4, 0.5) is 0 Å². The van der Waals surface area contributed by atoms with Gasteiger partial charge in [0.05, 0.1) is 12.0 Å². The van der Waals surface area contributed by atoms with Gasteiger partial charge < -0.3 is 8.85 Å². The van der Waals surface area contributed by atoms with Crippen molar-refractivity contribution in [1.82, 2.24) is 0 Å². The molecule has 2 unspecified atom stereocenters. The van der Waals surface area contributed by atoms with Crippen molar-refractivity contribution in [1.29, 1.82) is 0 Å². The molecule has 19 heavy (non-hydrogen) atoms. The summed E-state index contributed by atoms with van der Waals surface area (Å²) >= 11 is 0. The van der Waals surface area contributed by atoms with Crippen LogP contribution in [0.5, 0.6) is 0 Å². The average Bonchev–Trinajstić information content (AvgIpc) is 2.19. The Balaban J connectivity index is 4.89. The van der Waals surface area contributed by atoms with Crippen molar-refractivity contribution < 1.29 is 13.6 Å². The molecule has 0 N–H and O–H groups in total. The smallest absolute Gasteiger partial charge is 0.298 e. The summed E-state index contributed by atoms with van der Waals surface area (Å²) in [5, 5.41) is 0. The molecular weight excluding hydrogens is 272 g/mol. The van der Waals surface area contributed by atoms with Crippen molar-refractivity contribution in [3.05, 3.63) is 0 Å². The second-order valence-electron chi connectivity index (χ2n) is 7.11. The van der Waals surface area contributed by atoms with Gasteiger partial charge in [0.15, 0.2) is 8.32 Å².